The molecule has 0 bridgehead atoms. The fraction of sp³-hybridized carbons (Fsp3) is 0.684. The van der Waals surface area contributed by atoms with Crippen LogP contribution in [0.1, 0.15) is 37.3 Å². The smallest absolute Gasteiger partial charge is 0.223 e. The highest BCUT2D eigenvalue weighted by Crippen LogP contribution is 2.37. The molecule has 0 saturated carbocycles. The summed E-state index contributed by atoms with van der Waals surface area (Å²) in [5.41, 5.74) is 1.12. The zero-order valence-corrected chi connectivity index (χ0v) is 15.4. The van der Waals surface area contributed by atoms with Crippen LogP contribution >= 0.6 is 0 Å². The quantitative estimate of drug-likeness (QED) is 0.731. The van der Waals surface area contributed by atoms with Crippen molar-refractivity contribution in [3.8, 4) is 0 Å². The molecule has 0 aromatic carbocycles. The Morgan fingerprint density at radius 1 is 1.36 bits per heavy atom. The number of amides is 1. The number of likely N-dealkylation sites (tertiary alicyclic amines) is 1. The molecule has 6 heteroatoms. The van der Waals surface area contributed by atoms with Gasteiger partial charge in [0.2, 0.25) is 5.91 Å². The van der Waals surface area contributed by atoms with Crippen LogP contribution in [0.5, 0.6) is 0 Å². The van der Waals surface area contributed by atoms with Gasteiger partial charge < -0.3 is 15.0 Å². The molecule has 3 atom stereocenters. The van der Waals surface area contributed by atoms with E-state index in [9.17, 15) is 4.79 Å². The van der Waals surface area contributed by atoms with Crippen LogP contribution in [0.4, 0.5) is 0 Å². The molecule has 1 amide bonds. The van der Waals surface area contributed by atoms with Gasteiger partial charge in [-0.15, -0.1) is 0 Å². The van der Waals surface area contributed by atoms with Crippen LogP contribution in [-0.2, 0) is 16.6 Å². The third-order valence-corrected chi connectivity index (χ3v) is 5.36. The molecule has 1 saturated heterocycles. The standard InChI is InChI=1S/C19H30N4O2/c1-22-14-17(13-21-22)19-16(10-18(24)23(19)8-9-25-2)12-20-11-15-6-4-3-5-7-15/h3-4,13-16,19-20H,5-12H2,1-2H3/t15-,16-,19+/m0/s1. The summed E-state index contributed by atoms with van der Waals surface area (Å²) in [7, 11) is 3.60. The Labute approximate surface area is 150 Å². The molecule has 1 aromatic rings. The lowest BCUT2D eigenvalue weighted by atomic mass is 9.93. The highest BCUT2D eigenvalue weighted by molar-refractivity contribution is 5.79. The highest BCUT2D eigenvalue weighted by Gasteiger charge is 2.40. The van der Waals surface area contributed by atoms with E-state index < -0.39 is 0 Å². The van der Waals surface area contributed by atoms with Crippen molar-refractivity contribution < 1.29 is 9.53 Å². The van der Waals surface area contributed by atoms with Gasteiger partial charge in [0.1, 0.15) is 0 Å². The maximum Gasteiger partial charge on any atom is 0.223 e. The van der Waals surface area contributed by atoms with Gasteiger partial charge in [-0.25, -0.2) is 0 Å². The van der Waals surface area contributed by atoms with Crippen LogP contribution in [0, 0.1) is 11.8 Å². The van der Waals surface area contributed by atoms with E-state index in [1.807, 2.05) is 29.0 Å². The molecule has 1 fully saturated rings. The molecular formula is C19H30N4O2. The molecule has 1 aliphatic carbocycles. The third kappa shape index (κ3) is 4.50. The summed E-state index contributed by atoms with van der Waals surface area (Å²) in [5.74, 6) is 1.23. The average Bonchev–Trinajstić information content (AvgIpc) is 3.17. The lowest BCUT2D eigenvalue weighted by Crippen LogP contribution is -2.34. The maximum atomic E-state index is 12.6. The Morgan fingerprint density at radius 2 is 2.24 bits per heavy atom. The third-order valence-electron chi connectivity index (χ3n) is 5.36. The summed E-state index contributed by atoms with van der Waals surface area (Å²) in [6.45, 7) is 3.11. The van der Waals surface area contributed by atoms with Crippen molar-refractivity contribution in [1.82, 2.24) is 20.0 Å². The van der Waals surface area contributed by atoms with Crippen LogP contribution in [-0.4, -0.2) is 53.9 Å². The van der Waals surface area contributed by atoms with E-state index >= 15 is 0 Å². The molecule has 1 aromatic heterocycles. The van der Waals surface area contributed by atoms with Crippen molar-refractivity contribution in [3.63, 3.8) is 0 Å². The Balaban J connectivity index is 1.63. The summed E-state index contributed by atoms with van der Waals surface area (Å²) in [6.07, 6.45) is 12.7. The molecule has 0 unspecified atom stereocenters. The number of allylic oxidation sites excluding steroid dienone is 2. The second-order valence-electron chi connectivity index (χ2n) is 7.25. The van der Waals surface area contributed by atoms with Crippen molar-refractivity contribution in [2.24, 2.45) is 18.9 Å². The number of hydrogen-bond donors (Lipinski definition) is 1. The average molecular weight is 346 g/mol. The molecule has 0 spiro atoms. The van der Waals surface area contributed by atoms with E-state index in [0.717, 1.165) is 24.6 Å². The van der Waals surface area contributed by atoms with Crippen molar-refractivity contribution in [2.75, 3.05) is 33.4 Å². The SMILES string of the molecule is COCCN1C(=O)C[C@@H](CNC[C@H]2CC=CCC2)[C@@H]1c1cnn(C)c1. The maximum absolute atomic E-state index is 12.6. The van der Waals surface area contributed by atoms with Crippen LogP contribution < -0.4 is 5.32 Å². The van der Waals surface area contributed by atoms with Gasteiger partial charge in [-0.05, 0) is 31.7 Å². The second kappa shape index (κ2) is 8.63. The molecule has 2 heterocycles. The summed E-state index contributed by atoms with van der Waals surface area (Å²) in [4.78, 5) is 14.5. The van der Waals surface area contributed by atoms with E-state index in [4.69, 9.17) is 4.74 Å². The molecular weight excluding hydrogens is 316 g/mol. The number of aromatic nitrogens is 2. The minimum absolute atomic E-state index is 0.0927. The van der Waals surface area contributed by atoms with Gasteiger partial charge in [0.05, 0.1) is 18.8 Å². The predicted molar refractivity (Wildman–Crippen MR) is 97.0 cm³/mol. The summed E-state index contributed by atoms with van der Waals surface area (Å²) < 4.78 is 7.01. The Kier molecular flexibility index (Phi) is 6.26. The topological polar surface area (TPSA) is 59.4 Å². The Bertz CT molecular complexity index is 598. The molecule has 6 nitrogen and oxygen atoms in total. The number of carbonyl (C=O) groups is 1. The minimum Gasteiger partial charge on any atom is -0.383 e. The Morgan fingerprint density at radius 3 is 2.92 bits per heavy atom. The fourth-order valence-corrected chi connectivity index (χ4v) is 4.06. The number of nitrogens with one attached hydrogen (secondary N) is 1. The van der Waals surface area contributed by atoms with Crippen LogP contribution in [0.15, 0.2) is 24.5 Å². The summed E-state index contributed by atoms with van der Waals surface area (Å²) in [6, 6.07) is 0.0927. The van der Waals surface area contributed by atoms with Gasteiger partial charge in [-0.3, -0.25) is 9.48 Å². The summed E-state index contributed by atoms with van der Waals surface area (Å²) >= 11 is 0. The molecule has 2 aliphatic rings. The van der Waals surface area contributed by atoms with Gasteiger partial charge in [0.25, 0.3) is 0 Å². The monoisotopic (exact) mass is 346 g/mol. The predicted octanol–water partition coefficient (Wildman–Crippen LogP) is 1.90. The van der Waals surface area contributed by atoms with E-state index in [0.29, 0.717) is 19.6 Å². The van der Waals surface area contributed by atoms with Crippen molar-refractivity contribution >= 4 is 5.91 Å². The van der Waals surface area contributed by atoms with Gasteiger partial charge >= 0.3 is 0 Å². The highest BCUT2D eigenvalue weighted by atomic mass is 16.5. The van der Waals surface area contributed by atoms with Crippen LogP contribution in [0.25, 0.3) is 0 Å². The number of nitrogens with zero attached hydrogens (tertiary/aromatic N) is 3. The zero-order chi connectivity index (χ0) is 17.6. The number of hydrogen-bond acceptors (Lipinski definition) is 4. The van der Waals surface area contributed by atoms with Crippen molar-refractivity contribution in [2.45, 2.75) is 31.7 Å². The van der Waals surface area contributed by atoms with E-state index in [1.54, 1.807) is 7.11 Å². The van der Waals surface area contributed by atoms with Crippen LogP contribution in [0.2, 0.25) is 0 Å². The second-order valence-corrected chi connectivity index (χ2v) is 7.25. The first-order valence-electron chi connectivity index (χ1n) is 9.31. The Hall–Kier alpha value is -1.66. The van der Waals surface area contributed by atoms with E-state index in [-0.39, 0.29) is 17.9 Å². The van der Waals surface area contributed by atoms with Gasteiger partial charge in [0, 0.05) is 51.3 Å². The normalized spacial score (nSPS) is 26.6. The fourth-order valence-electron chi connectivity index (χ4n) is 4.06. The molecule has 138 valence electrons. The number of rotatable bonds is 8. The van der Waals surface area contributed by atoms with Crippen molar-refractivity contribution in [3.05, 3.63) is 30.1 Å². The van der Waals surface area contributed by atoms with Crippen molar-refractivity contribution in [1.29, 1.82) is 0 Å². The molecule has 25 heavy (non-hydrogen) atoms. The first-order chi connectivity index (χ1) is 12.2. The number of carbonyl (C=O) groups excluding carboxylic acids is 1. The lowest BCUT2D eigenvalue weighted by molar-refractivity contribution is -0.129. The van der Waals surface area contributed by atoms with E-state index in [1.165, 1.54) is 19.3 Å². The number of ether oxygens (including phenoxy) is 1. The van der Waals surface area contributed by atoms with Crippen LogP contribution in [0.3, 0.4) is 0 Å². The largest absolute Gasteiger partial charge is 0.383 e. The first kappa shape index (κ1) is 18.1. The number of aryl methyl sites for hydroxylation is 1. The lowest BCUT2D eigenvalue weighted by Gasteiger charge is -2.28. The summed E-state index contributed by atoms with van der Waals surface area (Å²) in [5, 5.41) is 7.94. The van der Waals surface area contributed by atoms with Gasteiger partial charge in [-0.1, -0.05) is 12.2 Å². The van der Waals surface area contributed by atoms with E-state index in [2.05, 4.69) is 22.6 Å². The van der Waals surface area contributed by atoms with Gasteiger partial charge in [0.15, 0.2) is 0 Å². The minimum atomic E-state index is 0.0927. The van der Waals surface area contributed by atoms with Gasteiger partial charge in [-0.2, -0.15) is 5.10 Å². The molecule has 3 rings (SSSR count). The number of methoxy groups -OCH3 is 1. The molecule has 1 N–H and O–H groups in total. The molecule has 0 radical (unpaired) electrons. The first-order valence-corrected chi connectivity index (χ1v) is 9.31. The zero-order valence-electron chi connectivity index (χ0n) is 15.4. The molecule has 1 aliphatic heterocycles.